The summed E-state index contributed by atoms with van der Waals surface area (Å²) in [6, 6.07) is 5.99. The average molecular weight is 570 g/mol. The number of alkyl halides is 3. The van der Waals surface area contributed by atoms with Crippen LogP contribution in [0.4, 0.5) is 17.6 Å². The molecule has 1 aliphatic rings. The Kier molecular flexibility index (Phi) is 10.5. The van der Waals surface area contributed by atoms with E-state index in [4.69, 9.17) is 0 Å². The monoisotopic (exact) mass is 570 g/mol. The van der Waals surface area contributed by atoms with Crippen LogP contribution in [0.1, 0.15) is 12.8 Å². The molecule has 0 amide bonds. The molecule has 1 saturated heterocycles. The fourth-order valence-corrected chi connectivity index (χ4v) is 4.40. The first kappa shape index (κ1) is 26.2. The first-order valence-corrected chi connectivity index (χ1v) is 11.0. The molecule has 0 saturated carbocycles. The number of halogens is 5. The Bertz CT molecular complexity index is 768. The van der Waals surface area contributed by atoms with Gasteiger partial charge in [0.05, 0.1) is 0 Å². The van der Waals surface area contributed by atoms with Crippen molar-refractivity contribution in [1.82, 2.24) is 14.9 Å². The topological polar surface area (TPSA) is 73.8 Å². The van der Waals surface area contributed by atoms with Gasteiger partial charge in [-0.25, -0.2) is 12.8 Å². The number of hydrogen-bond acceptors (Lipinski definition) is 4. The minimum atomic E-state index is -5.27. The zero-order valence-corrected chi connectivity index (χ0v) is 19.5. The molecule has 1 aromatic rings. The Labute approximate surface area is 189 Å². The predicted molar refractivity (Wildman–Crippen MR) is 117 cm³/mol. The van der Waals surface area contributed by atoms with E-state index in [0.29, 0.717) is 22.6 Å². The summed E-state index contributed by atoms with van der Waals surface area (Å²) in [4.78, 5) is 5.00. The summed E-state index contributed by atoms with van der Waals surface area (Å²) in [6.45, 7) is 0.177. The molecule has 1 fully saturated rings. The molecule has 0 spiro atoms. The normalized spacial score (nSPS) is 16.9. The minimum Gasteiger partial charge on any atom is -0.356 e. The molecule has 0 unspecified atom stereocenters. The third-order valence-electron chi connectivity index (χ3n) is 4.13. The molecule has 1 aromatic carbocycles. The fraction of sp³-hybridized carbons (Fsp3) is 0.562. The number of piperidine rings is 1. The second-order valence-electron chi connectivity index (χ2n) is 6.07. The molecular weight excluding hydrogens is 547 g/mol. The van der Waals surface area contributed by atoms with Crippen molar-refractivity contribution in [3.8, 4) is 0 Å². The Morgan fingerprint density at radius 3 is 2.34 bits per heavy atom. The van der Waals surface area contributed by atoms with Crippen LogP contribution in [0.15, 0.2) is 34.2 Å². The lowest BCUT2D eigenvalue weighted by atomic mass is 10.1. The van der Waals surface area contributed by atoms with Crippen LogP contribution in [0.2, 0.25) is 0 Å². The van der Waals surface area contributed by atoms with Gasteiger partial charge in [-0.1, -0.05) is 0 Å². The highest BCUT2D eigenvalue weighted by Gasteiger charge is 2.50. The molecule has 0 aromatic heterocycles. The standard InChI is InChI=1S/C16H22F4N4O2S2.HI/c1-21-15(22-8-11-27-14-4-2-12(17)3-5-14)23-13-6-9-24(10-7-13)28(25,26)16(18,19)20;/h2-5,13H,6-11H2,1H3,(H2,21,22,23);1H. The summed E-state index contributed by atoms with van der Waals surface area (Å²) in [6.07, 6.45) is 0.501. The number of aliphatic imine (C=N–C) groups is 1. The highest BCUT2D eigenvalue weighted by atomic mass is 127. The van der Waals surface area contributed by atoms with Crippen LogP contribution in [0, 0.1) is 5.82 Å². The van der Waals surface area contributed by atoms with Crippen LogP contribution >= 0.6 is 35.7 Å². The van der Waals surface area contributed by atoms with E-state index < -0.39 is 15.5 Å². The van der Waals surface area contributed by atoms with Crippen LogP contribution in [-0.4, -0.2) is 62.7 Å². The molecule has 0 aliphatic carbocycles. The molecule has 2 rings (SSSR count). The van der Waals surface area contributed by atoms with Crippen LogP contribution in [0.5, 0.6) is 0 Å². The summed E-state index contributed by atoms with van der Waals surface area (Å²) < 4.78 is 74.0. The van der Waals surface area contributed by atoms with Crippen molar-refractivity contribution < 1.29 is 26.0 Å². The molecule has 0 bridgehead atoms. The molecule has 13 heteroatoms. The lowest BCUT2D eigenvalue weighted by Crippen LogP contribution is -2.51. The van der Waals surface area contributed by atoms with Crippen molar-refractivity contribution in [3.05, 3.63) is 30.1 Å². The van der Waals surface area contributed by atoms with Crippen molar-refractivity contribution in [2.45, 2.75) is 29.3 Å². The largest absolute Gasteiger partial charge is 0.511 e. The summed E-state index contributed by atoms with van der Waals surface area (Å²) >= 11 is 1.54. The lowest BCUT2D eigenvalue weighted by Gasteiger charge is -2.32. The van der Waals surface area contributed by atoms with E-state index >= 15 is 0 Å². The Morgan fingerprint density at radius 2 is 1.83 bits per heavy atom. The number of rotatable bonds is 6. The third-order valence-corrected chi connectivity index (χ3v) is 6.77. The van der Waals surface area contributed by atoms with Gasteiger partial charge in [-0.3, -0.25) is 4.99 Å². The second kappa shape index (κ2) is 11.6. The van der Waals surface area contributed by atoms with E-state index in [0.717, 1.165) is 4.90 Å². The van der Waals surface area contributed by atoms with E-state index in [2.05, 4.69) is 15.6 Å². The molecule has 6 nitrogen and oxygen atoms in total. The van der Waals surface area contributed by atoms with Gasteiger partial charge in [-0.05, 0) is 37.1 Å². The van der Waals surface area contributed by atoms with E-state index in [1.807, 2.05) is 0 Å². The maximum Gasteiger partial charge on any atom is 0.511 e. The number of sulfonamides is 1. The van der Waals surface area contributed by atoms with Crippen molar-refractivity contribution in [2.24, 2.45) is 4.99 Å². The zero-order valence-electron chi connectivity index (χ0n) is 15.6. The maximum absolute atomic E-state index is 12.9. The van der Waals surface area contributed by atoms with Gasteiger partial charge in [-0.15, -0.1) is 35.7 Å². The summed E-state index contributed by atoms with van der Waals surface area (Å²) in [5.74, 6) is 0.909. The first-order valence-electron chi connectivity index (χ1n) is 8.55. The van der Waals surface area contributed by atoms with Gasteiger partial charge in [0.15, 0.2) is 5.96 Å². The smallest absolute Gasteiger partial charge is 0.356 e. The van der Waals surface area contributed by atoms with E-state index in [1.165, 1.54) is 12.1 Å². The lowest BCUT2D eigenvalue weighted by molar-refractivity contribution is -0.0494. The maximum atomic E-state index is 12.9. The molecule has 1 aliphatic heterocycles. The van der Waals surface area contributed by atoms with Gasteiger partial charge in [-0.2, -0.15) is 17.5 Å². The molecule has 29 heavy (non-hydrogen) atoms. The average Bonchev–Trinajstić information content (AvgIpc) is 2.65. The van der Waals surface area contributed by atoms with Crippen LogP contribution < -0.4 is 10.6 Å². The Morgan fingerprint density at radius 1 is 1.24 bits per heavy atom. The molecular formula is C16H23F4IN4O2S2. The van der Waals surface area contributed by atoms with Gasteiger partial charge < -0.3 is 10.6 Å². The van der Waals surface area contributed by atoms with E-state index in [-0.39, 0.29) is 61.8 Å². The second-order valence-corrected chi connectivity index (χ2v) is 9.17. The number of thioether (sulfide) groups is 1. The minimum absolute atomic E-state index is 0. The number of benzene rings is 1. The number of hydrogen-bond donors (Lipinski definition) is 2. The molecule has 2 N–H and O–H groups in total. The highest BCUT2D eigenvalue weighted by molar-refractivity contribution is 14.0. The van der Waals surface area contributed by atoms with Gasteiger partial charge in [0, 0.05) is 43.4 Å². The summed E-state index contributed by atoms with van der Waals surface area (Å²) in [5, 5.41) is 6.20. The van der Waals surface area contributed by atoms with Gasteiger partial charge in [0.25, 0.3) is 0 Å². The highest BCUT2D eigenvalue weighted by Crippen LogP contribution is 2.28. The van der Waals surface area contributed by atoms with E-state index in [9.17, 15) is 26.0 Å². The number of guanidine groups is 1. The zero-order chi connectivity index (χ0) is 20.8. The Balaban J connectivity index is 0.00000420. The quantitative estimate of drug-likeness (QED) is 0.138. The Hall–Kier alpha value is -0.800. The van der Waals surface area contributed by atoms with E-state index in [1.54, 1.807) is 30.9 Å². The molecule has 166 valence electrons. The first-order chi connectivity index (χ1) is 13.1. The molecule has 0 radical (unpaired) electrons. The SMILES string of the molecule is CN=C(NCCSc1ccc(F)cc1)NC1CCN(S(=O)(=O)C(F)(F)F)CC1.I. The van der Waals surface area contributed by atoms with Crippen LogP contribution in [0.3, 0.4) is 0 Å². The van der Waals surface area contributed by atoms with Crippen molar-refractivity contribution in [1.29, 1.82) is 0 Å². The third kappa shape index (κ3) is 7.75. The molecule has 1 heterocycles. The van der Waals surface area contributed by atoms with Crippen LogP contribution in [-0.2, 0) is 10.0 Å². The molecule has 0 atom stereocenters. The number of nitrogens with zero attached hydrogens (tertiary/aromatic N) is 2. The summed E-state index contributed by atoms with van der Waals surface area (Å²) in [5.41, 5.74) is -5.27. The summed E-state index contributed by atoms with van der Waals surface area (Å²) in [7, 11) is -3.70. The van der Waals surface area contributed by atoms with Gasteiger partial charge in [0.2, 0.25) is 0 Å². The van der Waals surface area contributed by atoms with Crippen LogP contribution in [0.25, 0.3) is 0 Å². The van der Waals surface area contributed by atoms with Gasteiger partial charge in [0.1, 0.15) is 5.82 Å². The van der Waals surface area contributed by atoms with Gasteiger partial charge >= 0.3 is 15.5 Å². The van der Waals surface area contributed by atoms with Crippen molar-refractivity contribution in [2.75, 3.05) is 32.4 Å². The number of nitrogens with one attached hydrogen (secondary N) is 2. The predicted octanol–water partition coefficient (Wildman–Crippen LogP) is 3.01. The fourth-order valence-electron chi connectivity index (χ4n) is 2.64. The van der Waals surface area contributed by atoms with Crippen molar-refractivity contribution >= 4 is 51.7 Å². The van der Waals surface area contributed by atoms with Crippen molar-refractivity contribution in [3.63, 3.8) is 0 Å².